The van der Waals surface area contributed by atoms with E-state index in [2.05, 4.69) is 24.1 Å². The Morgan fingerprint density at radius 2 is 1.69 bits per heavy atom. The van der Waals surface area contributed by atoms with Crippen LogP contribution in [0.2, 0.25) is 5.02 Å². The Kier molecular flexibility index (Phi) is 8.49. The molecule has 0 aliphatic carbocycles. The van der Waals surface area contributed by atoms with E-state index in [0.29, 0.717) is 67.1 Å². The topological polar surface area (TPSA) is 61.9 Å². The predicted molar refractivity (Wildman–Crippen MR) is 145 cm³/mol. The van der Waals surface area contributed by atoms with Crippen molar-refractivity contribution in [2.45, 2.75) is 26.9 Å². The molecule has 188 valence electrons. The molecule has 0 bridgehead atoms. The number of amides is 2. The normalized spacial score (nSPS) is 13.6. The summed E-state index contributed by atoms with van der Waals surface area (Å²) >= 11 is 6.28. The second-order valence-corrected chi connectivity index (χ2v) is 9.82. The van der Waals surface area contributed by atoms with E-state index in [-0.39, 0.29) is 11.8 Å². The van der Waals surface area contributed by atoms with Gasteiger partial charge in [0.25, 0.3) is 5.91 Å². The number of hydrogen-bond donors (Lipinski definition) is 1. The van der Waals surface area contributed by atoms with Crippen LogP contribution in [0.3, 0.4) is 0 Å². The van der Waals surface area contributed by atoms with E-state index in [4.69, 9.17) is 16.3 Å². The maximum absolute atomic E-state index is 13.1. The number of benzene rings is 3. The molecule has 3 aromatic carbocycles. The highest BCUT2D eigenvalue weighted by atomic mass is 35.5. The van der Waals surface area contributed by atoms with E-state index in [1.807, 2.05) is 59.5 Å². The zero-order valence-corrected chi connectivity index (χ0v) is 21.5. The molecule has 6 nitrogen and oxygen atoms in total. The molecule has 0 spiro atoms. The first-order chi connectivity index (χ1) is 17.4. The summed E-state index contributed by atoms with van der Waals surface area (Å²) in [6.07, 6.45) is 0.566. The molecule has 1 N–H and O–H groups in total. The second-order valence-electron chi connectivity index (χ2n) is 9.38. The fourth-order valence-corrected chi connectivity index (χ4v) is 4.39. The number of nitrogens with one attached hydrogen (secondary N) is 1. The standard InChI is InChI=1S/C29H32ClN3O3/c1-21(2)17-28(34)33-15-13-32(14-16-33)27-12-11-24(30)19-26(27)31-29(35)23-9-6-10-25(18-23)36-20-22-7-4-3-5-8-22/h3-12,18-19,21H,13-17,20H2,1-2H3,(H,31,35). The summed E-state index contributed by atoms with van der Waals surface area (Å²) in [6.45, 7) is 7.23. The average Bonchev–Trinajstić information content (AvgIpc) is 2.88. The van der Waals surface area contributed by atoms with Gasteiger partial charge in [0, 0.05) is 43.2 Å². The van der Waals surface area contributed by atoms with Gasteiger partial charge in [-0.05, 0) is 47.9 Å². The van der Waals surface area contributed by atoms with Crippen LogP contribution < -0.4 is 15.0 Å². The van der Waals surface area contributed by atoms with Gasteiger partial charge < -0.3 is 19.9 Å². The fourth-order valence-electron chi connectivity index (χ4n) is 4.22. The summed E-state index contributed by atoms with van der Waals surface area (Å²) in [4.78, 5) is 29.7. The Morgan fingerprint density at radius 3 is 2.42 bits per heavy atom. The number of ether oxygens (including phenoxy) is 1. The molecule has 2 amide bonds. The molecule has 1 heterocycles. The highest BCUT2D eigenvalue weighted by molar-refractivity contribution is 6.31. The minimum Gasteiger partial charge on any atom is -0.489 e. The molecule has 1 fully saturated rings. The molecule has 0 aromatic heterocycles. The number of carbonyl (C=O) groups excluding carboxylic acids is 2. The van der Waals surface area contributed by atoms with Crippen LogP contribution in [0.4, 0.5) is 11.4 Å². The summed E-state index contributed by atoms with van der Waals surface area (Å²) in [7, 11) is 0. The van der Waals surface area contributed by atoms with E-state index < -0.39 is 0 Å². The van der Waals surface area contributed by atoms with Crippen molar-refractivity contribution in [1.82, 2.24) is 4.90 Å². The van der Waals surface area contributed by atoms with Gasteiger partial charge in [-0.3, -0.25) is 9.59 Å². The van der Waals surface area contributed by atoms with Gasteiger partial charge in [0.2, 0.25) is 5.91 Å². The first-order valence-electron chi connectivity index (χ1n) is 12.3. The lowest BCUT2D eigenvalue weighted by Gasteiger charge is -2.37. The predicted octanol–water partition coefficient (Wildman–Crippen LogP) is 5.87. The number of rotatable bonds is 8. The van der Waals surface area contributed by atoms with Crippen LogP contribution >= 0.6 is 11.6 Å². The number of anilines is 2. The largest absolute Gasteiger partial charge is 0.489 e. The summed E-state index contributed by atoms with van der Waals surface area (Å²) in [5, 5.41) is 3.57. The average molecular weight is 506 g/mol. The number of piperazine rings is 1. The number of halogens is 1. The highest BCUT2D eigenvalue weighted by Gasteiger charge is 2.23. The van der Waals surface area contributed by atoms with Crippen LogP contribution in [-0.2, 0) is 11.4 Å². The summed E-state index contributed by atoms with van der Waals surface area (Å²) < 4.78 is 5.88. The first-order valence-corrected chi connectivity index (χ1v) is 12.7. The van der Waals surface area contributed by atoms with Gasteiger partial charge in [0.15, 0.2) is 0 Å². The van der Waals surface area contributed by atoms with Gasteiger partial charge in [0.1, 0.15) is 12.4 Å². The zero-order chi connectivity index (χ0) is 25.5. The number of carbonyl (C=O) groups is 2. The molecular weight excluding hydrogens is 474 g/mol. The van der Waals surface area contributed by atoms with E-state index >= 15 is 0 Å². The Hall–Kier alpha value is -3.51. The molecule has 36 heavy (non-hydrogen) atoms. The molecule has 0 saturated carbocycles. The SMILES string of the molecule is CC(C)CC(=O)N1CCN(c2ccc(Cl)cc2NC(=O)c2cccc(OCc3ccccc3)c2)CC1. The summed E-state index contributed by atoms with van der Waals surface area (Å²) in [5.74, 6) is 0.925. The van der Waals surface area contributed by atoms with Crippen molar-refractivity contribution in [2.24, 2.45) is 5.92 Å². The van der Waals surface area contributed by atoms with Crippen molar-refractivity contribution >= 4 is 34.8 Å². The number of hydrogen-bond acceptors (Lipinski definition) is 4. The lowest BCUT2D eigenvalue weighted by Crippen LogP contribution is -2.49. The molecule has 4 rings (SSSR count). The fraction of sp³-hybridized carbons (Fsp3) is 0.310. The van der Waals surface area contributed by atoms with Gasteiger partial charge in [-0.15, -0.1) is 0 Å². The molecular formula is C29H32ClN3O3. The van der Waals surface area contributed by atoms with Crippen LogP contribution in [-0.4, -0.2) is 42.9 Å². The molecule has 3 aromatic rings. The lowest BCUT2D eigenvalue weighted by molar-refractivity contribution is -0.132. The Labute approximate surface area is 217 Å². The number of nitrogens with zero attached hydrogens (tertiary/aromatic N) is 2. The van der Waals surface area contributed by atoms with Crippen LogP contribution in [0.15, 0.2) is 72.8 Å². The molecule has 1 aliphatic heterocycles. The maximum atomic E-state index is 13.1. The molecule has 7 heteroatoms. The Morgan fingerprint density at radius 1 is 0.944 bits per heavy atom. The van der Waals surface area contributed by atoms with E-state index in [9.17, 15) is 9.59 Å². The van der Waals surface area contributed by atoms with E-state index in [1.165, 1.54) is 0 Å². The molecule has 1 aliphatic rings. The van der Waals surface area contributed by atoms with Crippen LogP contribution in [0.25, 0.3) is 0 Å². The lowest BCUT2D eigenvalue weighted by atomic mass is 10.1. The monoisotopic (exact) mass is 505 g/mol. The Bertz CT molecular complexity index is 1190. The molecule has 0 unspecified atom stereocenters. The highest BCUT2D eigenvalue weighted by Crippen LogP contribution is 2.31. The van der Waals surface area contributed by atoms with Gasteiger partial charge in [-0.1, -0.05) is 61.8 Å². The quantitative estimate of drug-likeness (QED) is 0.416. The summed E-state index contributed by atoms with van der Waals surface area (Å²) in [5.41, 5.74) is 3.09. The minimum absolute atomic E-state index is 0.198. The van der Waals surface area contributed by atoms with Gasteiger partial charge in [-0.25, -0.2) is 0 Å². The third-order valence-corrected chi connectivity index (χ3v) is 6.34. The summed E-state index contributed by atoms with van der Waals surface area (Å²) in [6, 6.07) is 22.5. The van der Waals surface area contributed by atoms with E-state index in [0.717, 1.165) is 11.3 Å². The van der Waals surface area contributed by atoms with Crippen molar-refractivity contribution in [3.8, 4) is 5.75 Å². The Balaban J connectivity index is 1.42. The molecule has 0 atom stereocenters. The minimum atomic E-state index is -0.241. The molecule has 0 radical (unpaired) electrons. The van der Waals surface area contributed by atoms with Gasteiger partial charge >= 0.3 is 0 Å². The van der Waals surface area contributed by atoms with Gasteiger partial charge in [0.05, 0.1) is 11.4 Å². The zero-order valence-electron chi connectivity index (χ0n) is 20.7. The third kappa shape index (κ3) is 6.79. The van der Waals surface area contributed by atoms with Crippen LogP contribution in [0.1, 0.15) is 36.2 Å². The second kappa shape index (κ2) is 12.0. The van der Waals surface area contributed by atoms with Crippen molar-refractivity contribution < 1.29 is 14.3 Å². The third-order valence-electron chi connectivity index (χ3n) is 6.11. The van der Waals surface area contributed by atoms with Gasteiger partial charge in [-0.2, -0.15) is 0 Å². The maximum Gasteiger partial charge on any atom is 0.255 e. The van der Waals surface area contributed by atoms with Crippen molar-refractivity contribution in [3.63, 3.8) is 0 Å². The van der Waals surface area contributed by atoms with Crippen molar-refractivity contribution in [3.05, 3.63) is 88.9 Å². The van der Waals surface area contributed by atoms with E-state index in [1.54, 1.807) is 18.2 Å². The van der Waals surface area contributed by atoms with Crippen molar-refractivity contribution in [1.29, 1.82) is 0 Å². The van der Waals surface area contributed by atoms with Crippen LogP contribution in [0.5, 0.6) is 5.75 Å². The van der Waals surface area contributed by atoms with Crippen LogP contribution in [0, 0.1) is 5.92 Å². The smallest absolute Gasteiger partial charge is 0.255 e. The van der Waals surface area contributed by atoms with Crippen molar-refractivity contribution in [2.75, 3.05) is 36.4 Å². The molecule has 1 saturated heterocycles. The first kappa shape index (κ1) is 25.6.